The van der Waals surface area contributed by atoms with Crippen molar-refractivity contribution >= 4 is 16.7 Å². The standard InChI is InChI=1S/C15H15N3/c1-9-4-3-5-13-14(9)18-15(17-13)11-6-7-12(16)10(2)8-11/h3-8H,16H2,1-2H3,(H,17,18). The fourth-order valence-corrected chi connectivity index (χ4v) is 2.14. The highest BCUT2D eigenvalue weighted by molar-refractivity contribution is 5.82. The number of aromatic amines is 1. The number of aryl methyl sites for hydroxylation is 2. The summed E-state index contributed by atoms with van der Waals surface area (Å²) < 4.78 is 0. The zero-order valence-electron chi connectivity index (χ0n) is 10.5. The van der Waals surface area contributed by atoms with Crippen molar-refractivity contribution in [1.82, 2.24) is 9.97 Å². The summed E-state index contributed by atoms with van der Waals surface area (Å²) in [6.07, 6.45) is 0. The van der Waals surface area contributed by atoms with Crippen LogP contribution in [0.2, 0.25) is 0 Å². The van der Waals surface area contributed by atoms with Gasteiger partial charge in [0.2, 0.25) is 0 Å². The highest BCUT2D eigenvalue weighted by atomic mass is 14.9. The summed E-state index contributed by atoms with van der Waals surface area (Å²) in [7, 11) is 0. The Bertz CT molecular complexity index is 726. The zero-order chi connectivity index (χ0) is 12.7. The Morgan fingerprint density at radius 3 is 2.61 bits per heavy atom. The van der Waals surface area contributed by atoms with Crippen LogP contribution in [0, 0.1) is 13.8 Å². The van der Waals surface area contributed by atoms with E-state index in [1.165, 1.54) is 5.56 Å². The third kappa shape index (κ3) is 1.64. The minimum absolute atomic E-state index is 0.811. The molecule has 0 atom stereocenters. The van der Waals surface area contributed by atoms with Crippen LogP contribution in [0.3, 0.4) is 0 Å². The van der Waals surface area contributed by atoms with Gasteiger partial charge in [-0.15, -0.1) is 0 Å². The van der Waals surface area contributed by atoms with E-state index in [0.29, 0.717) is 0 Å². The molecule has 90 valence electrons. The molecule has 0 saturated heterocycles. The van der Waals surface area contributed by atoms with E-state index in [-0.39, 0.29) is 0 Å². The molecule has 0 aliphatic rings. The number of imidazole rings is 1. The second-order valence-corrected chi connectivity index (χ2v) is 4.63. The Morgan fingerprint density at radius 2 is 1.89 bits per heavy atom. The molecule has 0 radical (unpaired) electrons. The van der Waals surface area contributed by atoms with Gasteiger partial charge in [0.1, 0.15) is 5.82 Å². The van der Waals surface area contributed by atoms with Crippen LogP contribution in [-0.2, 0) is 0 Å². The maximum Gasteiger partial charge on any atom is 0.138 e. The molecule has 0 unspecified atom stereocenters. The molecule has 0 bridgehead atoms. The third-order valence-corrected chi connectivity index (χ3v) is 3.26. The number of nitrogens with zero attached hydrogens (tertiary/aromatic N) is 1. The molecule has 1 aromatic heterocycles. The van der Waals surface area contributed by atoms with Crippen molar-refractivity contribution < 1.29 is 0 Å². The number of para-hydroxylation sites is 1. The quantitative estimate of drug-likeness (QED) is 0.637. The third-order valence-electron chi connectivity index (χ3n) is 3.26. The van der Waals surface area contributed by atoms with Gasteiger partial charge in [0.15, 0.2) is 0 Å². The van der Waals surface area contributed by atoms with Crippen molar-refractivity contribution in [3.05, 3.63) is 47.5 Å². The number of anilines is 1. The highest BCUT2D eigenvalue weighted by Crippen LogP contribution is 2.24. The largest absolute Gasteiger partial charge is 0.399 e. The molecule has 0 amide bonds. The molecular weight excluding hydrogens is 222 g/mol. The minimum Gasteiger partial charge on any atom is -0.399 e. The van der Waals surface area contributed by atoms with Gasteiger partial charge in [0, 0.05) is 11.3 Å². The van der Waals surface area contributed by atoms with Crippen molar-refractivity contribution in [3.63, 3.8) is 0 Å². The lowest BCUT2D eigenvalue weighted by Crippen LogP contribution is -1.90. The number of nitrogen functional groups attached to an aromatic ring is 1. The van der Waals surface area contributed by atoms with E-state index in [9.17, 15) is 0 Å². The maximum absolute atomic E-state index is 5.84. The van der Waals surface area contributed by atoms with Crippen molar-refractivity contribution in [2.45, 2.75) is 13.8 Å². The van der Waals surface area contributed by atoms with Gasteiger partial charge in [0.05, 0.1) is 11.0 Å². The van der Waals surface area contributed by atoms with E-state index in [4.69, 9.17) is 5.73 Å². The number of benzene rings is 2. The van der Waals surface area contributed by atoms with E-state index in [1.54, 1.807) is 0 Å². The Hall–Kier alpha value is -2.29. The number of nitrogens with one attached hydrogen (secondary N) is 1. The molecule has 0 aliphatic carbocycles. The Morgan fingerprint density at radius 1 is 1.06 bits per heavy atom. The Kier molecular flexibility index (Phi) is 2.33. The lowest BCUT2D eigenvalue weighted by atomic mass is 10.1. The Labute approximate surface area is 106 Å². The number of fused-ring (bicyclic) bond motifs is 1. The van der Waals surface area contributed by atoms with Gasteiger partial charge in [-0.1, -0.05) is 12.1 Å². The molecule has 0 fully saturated rings. The average molecular weight is 237 g/mol. The maximum atomic E-state index is 5.84. The van der Waals surface area contributed by atoms with E-state index < -0.39 is 0 Å². The first-order valence-corrected chi connectivity index (χ1v) is 5.97. The molecule has 2 aromatic carbocycles. The van der Waals surface area contributed by atoms with E-state index in [2.05, 4.69) is 29.0 Å². The fraction of sp³-hybridized carbons (Fsp3) is 0.133. The second-order valence-electron chi connectivity index (χ2n) is 4.63. The van der Waals surface area contributed by atoms with Crippen LogP contribution in [0.25, 0.3) is 22.4 Å². The van der Waals surface area contributed by atoms with Gasteiger partial charge < -0.3 is 10.7 Å². The fourth-order valence-electron chi connectivity index (χ4n) is 2.14. The molecule has 3 nitrogen and oxygen atoms in total. The topological polar surface area (TPSA) is 54.7 Å². The Balaban J connectivity index is 2.19. The summed E-state index contributed by atoms with van der Waals surface area (Å²) >= 11 is 0. The summed E-state index contributed by atoms with van der Waals surface area (Å²) in [4.78, 5) is 8.00. The van der Waals surface area contributed by atoms with E-state index in [0.717, 1.165) is 33.7 Å². The number of hydrogen-bond acceptors (Lipinski definition) is 2. The predicted octanol–water partition coefficient (Wildman–Crippen LogP) is 3.43. The van der Waals surface area contributed by atoms with Crippen LogP contribution < -0.4 is 5.73 Å². The lowest BCUT2D eigenvalue weighted by molar-refractivity contribution is 1.32. The second kappa shape index (κ2) is 3.88. The first kappa shape index (κ1) is 10.8. The van der Waals surface area contributed by atoms with Crippen molar-refractivity contribution in [1.29, 1.82) is 0 Å². The van der Waals surface area contributed by atoms with Crippen molar-refractivity contribution in [2.24, 2.45) is 0 Å². The number of H-pyrrole nitrogens is 1. The van der Waals surface area contributed by atoms with Gasteiger partial charge in [-0.3, -0.25) is 0 Å². The molecule has 3 N–H and O–H groups in total. The molecule has 1 heterocycles. The molecule has 0 spiro atoms. The number of aromatic nitrogens is 2. The van der Waals surface area contributed by atoms with Crippen LogP contribution in [0.4, 0.5) is 5.69 Å². The van der Waals surface area contributed by atoms with E-state index >= 15 is 0 Å². The smallest absolute Gasteiger partial charge is 0.138 e. The SMILES string of the molecule is Cc1cc(-c2nc3c(C)cccc3[nH]2)ccc1N. The average Bonchev–Trinajstić information content (AvgIpc) is 2.78. The monoisotopic (exact) mass is 237 g/mol. The normalized spacial score (nSPS) is 11.0. The van der Waals surface area contributed by atoms with Crippen molar-refractivity contribution in [3.8, 4) is 11.4 Å². The number of hydrogen-bond donors (Lipinski definition) is 2. The minimum atomic E-state index is 0.811. The van der Waals surface area contributed by atoms with Crippen LogP contribution in [0.1, 0.15) is 11.1 Å². The van der Waals surface area contributed by atoms with Gasteiger partial charge >= 0.3 is 0 Å². The molecular formula is C15H15N3. The summed E-state index contributed by atoms with van der Waals surface area (Å²) in [5.41, 5.74) is 12.1. The first-order chi connectivity index (χ1) is 8.65. The molecule has 3 rings (SSSR count). The lowest BCUT2D eigenvalue weighted by Gasteiger charge is -2.01. The highest BCUT2D eigenvalue weighted by Gasteiger charge is 2.07. The van der Waals surface area contributed by atoms with Gasteiger partial charge in [0.25, 0.3) is 0 Å². The molecule has 18 heavy (non-hydrogen) atoms. The summed E-state index contributed by atoms with van der Waals surface area (Å²) in [6.45, 7) is 4.08. The van der Waals surface area contributed by atoms with Crippen LogP contribution in [-0.4, -0.2) is 9.97 Å². The van der Waals surface area contributed by atoms with E-state index in [1.807, 2.05) is 31.2 Å². The van der Waals surface area contributed by atoms with Gasteiger partial charge in [-0.05, 0) is 49.2 Å². The summed E-state index contributed by atoms with van der Waals surface area (Å²) in [5, 5.41) is 0. The predicted molar refractivity (Wildman–Crippen MR) is 75.4 cm³/mol. The molecule has 3 aromatic rings. The van der Waals surface area contributed by atoms with Crippen LogP contribution in [0.15, 0.2) is 36.4 Å². The molecule has 0 saturated carbocycles. The number of rotatable bonds is 1. The molecule has 0 aliphatic heterocycles. The molecule has 3 heteroatoms. The summed E-state index contributed by atoms with van der Waals surface area (Å²) in [6, 6.07) is 12.1. The first-order valence-electron chi connectivity index (χ1n) is 5.97. The summed E-state index contributed by atoms with van der Waals surface area (Å²) in [5.74, 6) is 0.891. The van der Waals surface area contributed by atoms with Crippen molar-refractivity contribution in [2.75, 3.05) is 5.73 Å². The van der Waals surface area contributed by atoms with Crippen LogP contribution >= 0.6 is 0 Å². The zero-order valence-corrected chi connectivity index (χ0v) is 10.5. The number of nitrogens with two attached hydrogens (primary N) is 1. The van der Waals surface area contributed by atoms with Gasteiger partial charge in [-0.2, -0.15) is 0 Å². The van der Waals surface area contributed by atoms with Crippen LogP contribution in [0.5, 0.6) is 0 Å². The van der Waals surface area contributed by atoms with Gasteiger partial charge in [-0.25, -0.2) is 4.98 Å².